The van der Waals surface area contributed by atoms with Crippen LogP contribution in [0.4, 0.5) is 5.82 Å². The number of hydrogen-bond donors (Lipinski definition) is 1. The van der Waals surface area contributed by atoms with E-state index in [1.54, 1.807) is 16.0 Å². The lowest BCUT2D eigenvalue weighted by atomic mass is 10.3. The Morgan fingerprint density at radius 2 is 2.39 bits per heavy atom. The molecular formula is C10H10N6OS. The van der Waals surface area contributed by atoms with Gasteiger partial charge in [0.1, 0.15) is 6.54 Å². The minimum absolute atomic E-state index is 0.368. The molecule has 0 aromatic carbocycles. The molecule has 3 aromatic heterocycles. The molecule has 0 unspecified atom stereocenters. The quantitative estimate of drug-likeness (QED) is 0.765. The molecule has 0 aliphatic heterocycles. The fourth-order valence-electron chi connectivity index (χ4n) is 1.48. The summed E-state index contributed by atoms with van der Waals surface area (Å²) < 4.78 is 6.80. The predicted octanol–water partition coefficient (Wildman–Crippen LogP) is 1.33. The van der Waals surface area contributed by atoms with Crippen molar-refractivity contribution in [3.8, 4) is 11.4 Å². The Morgan fingerprint density at radius 1 is 1.50 bits per heavy atom. The molecule has 0 spiro atoms. The van der Waals surface area contributed by atoms with Crippen molar-refractivity contribution >= 4 is 17.2 Å². The van der Waals surface area contributed by atoms with Crippen LogP contribution in [-0.2, 0) is 6.54 Å². The third-order valence-corrected chi connectivity index (χ3v) is 3.23. The van der Waals surface area contributed by atoms with Crippen LogP contribution in [-0.4, -0.2) is 25.1 Å². The van der Waals surface area contributed by atoms with Gasteiger partial charge in [-0.25, -0.2) is 4.68 Å². The zero-order valence-corrected chi connectivity index (χ0v) is 10.4. The van der Waals surface area contributed by atoms with E-state index in [1.807, 2.05) is 23.8 Å². The summed E-state index contributed by atoms with van der Waals surface area (Å²) in [6.07, 6.45) is 0. The maximum absolute atomic E-state index is 5.62. The van der Waals surface area contributed by atoms with Gasteiger partial charge < -0.3 is 10.3 Å². The molecule has 92 valence electrons. The Kier molecular flexibility index (Phi) is 2.56. The van der Waals surface area contributed by atoms with Gasteiger partial charge in [0, 0.05) is 10.9 Å². The van der Waals surface area contributed by atoms with E-state index in [0.717, 1.165) is 11.3 Å². The van der Waals surface area contributed by atoms with Gasteiger partial charge in [0.15, 0.2) is 5.82 Å². The Hall–Kier alpha value is -2.22. The van der Waals surface area contributed by atoms with Crippen LogP contribution in [0.1, 0.15) is 11.6 Å². The maximum atomic E-state index is 5.62. The minimum Gasteiger partial charge on any atom is -0.381 e. The molecule has 3 heterocycles. The van der Waals surface area contributed by atoms with Crippen molar-refractivity contribution in [3.05, 3.63) is 28.4 Å². The van der Waals surface area contributed by atoms with Crippen molar-refractivity contribution < 1.29 is 4.52 Å². The van der Waals surface area contributed by atoms with Crippen LogP contribution in [0.3, 0.4) is 0 Å². The molecular weight excluding hydrogens is 252 g/mol. The van der Waals surface area contributed by atoms with E-state index in [4.69, 9.17) is 10.3 Å². The zero-order chi connectivity index (χ0) is 12.5. The standard InChI is InChI=1S/C10H10N6OS/c1-6-9(11)13-15-16(6)4-8-12-10(14-17-8)7-2-3-18-5-7/h2-3,5H,4,11H2,1H3. The van der Waals surface area contributed by atoms with E-state index >= 15 is 0 Å². The fourth-order valence-corrected chi connectivity index (χ4v) is 2.11. The molecule has 0 aliphatic carbocycles. The van der Waals surface area contributed by atoms with Crippen LogP contribution in [0.15, 0.2) is 21.3 Å². The number of anilines is 1. The van der Waals surface area contributed by atoms with Gasteiger partial charge in [-0.3, -0.25) is 0 Å². The summed E-state index contributed by atoms with van der Waals surface area (Å²) in [6, 6.07) is 1.94. The molecule has 0 aliphatic rings. The van der Waals surface area contributed by atoms with E-state index in [2.05, 4.69) is 20.5 Å². The molecule has 0 amide bonds. The van der Waals surface area contributed by atoms with Gasteiger partial charge in [0.05, 0.1) is 5.69 Å². The lowest BCUT2D eigenvalue weighted by Gasteiger charge is -1.97. The summed E-state index contributed by atoms with van der Waals surface area (Å²) in [7, 11) is 0. The van der Waals surface area contributed by atoms with Gasteiger partial charge in [-0.1, -0.05) is 10.4 Å². The first-order valence-electron chi connectivity index (χ1n) is 5.25. The molecule has 3 rings (SSSR count). The summed E-state index contributed by atoms with van der Waals surface area (Å²) in [6.45, 7) is 2.21. The van der Waals surface area contributed by atoms with Crippen molar-refractivity contribution in [1.29, 1.82) is 0 Å². The van der Waals surface area contributed by atoms with E-state index in [1.165, 1.54) is 0 Å². The normalized spacial score (nSPS) is 10.9. The second-order valence-corrected chi connectivity index (χ2v) is 4.52. The smallest absolute Gasteiger partial charge is 0.248 e. The van der Waals surface area contributed by atoms with Gasteiger partial charge in [-0.05, 0) is 18.4 Å². The highest BCUT2D eigenvalue weighted by Crippen LogP contribution is 2.19. The molecule has 18 heavy (non-hydrogen) atoms. The van der Waals surface area contributed by atoms with Gasteiger partial charge in [0.2, 0.25) is 11.7 Å². The van der Waals surface area contributed by atoms with Crippen LogP contribution in [0.2, 0.25) is 0 Å². The van der Waals surface area contributed by atoms with E-state index < -0.39 is 0 Å². The average Bonchev–Trinajstić information content (AvgIpc) is 3.06. The second kappa shape index (κ2) is 4.22. The van der Waals surface area contributed by atoms with Crippen molar-refractivity contribution in [2.45, 2.75) is 13.5 Å². The summed E-state index contributed by atoms with van der Waals surface area (Å²) in [5.74, 6) is 1.47. The van der Waals surface area contributed by atoms with E-state index in [0.29, 0.717) is 24.1 Å². The van der Waals surface area contributed by atoms with Crippen molar-refractivity contribution in [3.63, 3.8) is 0 Å². The number of rotatable bonds is 3. The van der Waals surface area contributed by atoms with Gasteiger partial charge in [0.25, 0.3) is 0 Å². The maximum Gasteiger partial charge on any atom is 0.248 e. The Bertz CT molecular complexity index is 656. The first-order valence-corrected chi connectivity index (χ1v) is 6.19. The van der Waals surface area contributed by atoms with Crippen LogP contribution in [0.5, 0.6) is 0 Å². The molecule has 0 bridgehead atoms. The lowest BCUT2D eigenvalue weighted by Crippen LogP contribution is -2.04. The molecule has 0 atom stereocenters. The highest BCUT2D eigenvalue weighted by molar-refractivity contribution is 7.08. The molecule has 7 nitrogen and oxygen atoms in total. The monoisotopic (exact) mass is 262 g/mol. The predicted molar refractivity (Wildman–Crippen MR) is 65.9 cm³/mol. The molecule has 0 saturated heterocycles. The number of thiophene rings is 1. The van der Waals surface area contributed by atoms with E-state index in [9.17, 15) is 0 Å². The first-order chi connectivity index (χ1) is 8.74. The van der Waals surface area contributed by atoms with Crippen LogP contribution < -0.4 is 5.73 Å². The number of aromatic nitrogens is 5. The Morgan fingerprint density at radius 3 is 3.06 bits per heavy atom. The van der Waals surface area contributed by atoms with Crippen LogP contribution >= 0.6 is 11.3 Å². The lowest BCUT2D eigenvalue weighted by molar-refractivity contribution is 0.363. The number of nitrogens with zero attached hydrogens (tertiary/aromatic N) is 5. The molecule has 8 heteroatoms. The minimum atomic E-state index is 0.368. The van der Waals surface area contributed by atoms with Crippen molar-refractivity contribution in [1.82, 2.24) is 25.1 Å². The van der Waals surface area contributed by atoms with Crippen LogP contribution in [0.25, 0.3) is 11.4 Å². The molecule has 0 saturated carbocycles. The third-order valence-electron chi connectivity index (χ3n) is 2.55. The highest BCUT2D eigenvalue weighted by atomic mass is 32.1. The van der Waals surface area contributed by atoms with E-state index in [-0.39, 0.29) is 0 Å². The molecule has 0 radical (unpaired) electrons. The highest BCUT2D eigenvalue weighted by Gasteiger charge is 2.12. The summed E-state index contributed by atoms with van der Waals surface area (Å²) in [4.78, 5) is 4.30. The molecule has 3 aromatic rings. The molecule has 0 fully saturated rings. The molecule has 2 N–H and O–H groups in total. The SMILES string of the molecule is Cc1c(N)nnn1Cc1nc(-c2ccsc2)no1. The van der Waals surface area contributed by atoms with Crippen molar-refractivity contribution in [2.24, 2.45) is 0 Å². The largest absolute Gasteiger partial charge is 0.381 e. The Balaban J connectivity index is 1.84. The summed E-state index contributed by atoms with van der Waals surface area (Å²) in [5, 5.41) is 15.5. The number of nitrogens with two attached hydrogens (primary N) is 1. The summed E-state index contributed by atoms with van der Waals surface area (Å²) in [5.41, 5.74) is 7.35. The summed E-state index contributed by atoms with van der Waals surface area (Å²) >= 11 is 1.59. The third kappa shape index (κ3) is 1.86. The average molecular weight is 262 g/mol. The topological polar surface area (TPSA) is 95.7 Å². The Labute approximate surface area is 106 Å². The number of nitrogen functional groups attached to an aromatic ring is 1. The second-order valence-electron chi connectivity index (χ2n) is 3.74. The number of hydrogen-bond acceptors (Lipinski definition) is 7. The fraction of sp³-hybridized carbons (Fsp3) is 0.200. The van der Waals surface area contributed by atoms with Gasteiger partial charge in [-0.15, -0.1) is 5.10 Å². The zero-order valence-electron chi connectivity index (χ0n) is 9.57. The van der Waals surface area contributed by atoms with Crippen molar-refractivity contribution in [2.75, 3.05) is 5.73 Å². The van der Waals surface area contributed by atoms with Gasteiger partial charge in [-0.2, -0.15) is 16.3 Å². The first kappa shape index (κ1) is 10.9. The van der Waals surface area contributed by atoms with Crippen LogP contribution in [0, 0.1) is 6.92 Å². The van der Waals surface area contributed by atoms with Gasteiger partial charge >= 0.3 is 0 Å².